The number of hydrogen-bond acceptors (Lipinski definition) is 7. The molecule has 2 aromatic carbocycles. The quantitative estimate of drug-likeness (QED) is 0.352. The second-order valence-electron chi connectivity index (χ2n) is 8.38. The van der Waals surface area contributed by atoms with Gasteiger partial charge in [0.05, 0.1) is 48.9 Å². The van der Waals surface area contributed by atoms with Crippen molar-refractivity contribution in [3.8, 4) is 0 Å². The van der Waals surface area contributed by atoms with Gasteiger partial charge in [-0.15, -0.1) is 12.4 Å². The molecule has 0 spiro atoms. The van der Waals surface area contributed by atoms with E-state index in [4.69, 9.17) is 61.8 Å². The molecular formula is C26H24Cl5N5O3. The van der Waals surface area contributed by atoms with Gasteiger partial charge in [0, 0.05) is 36.6 Å². The van der Waals surface area contributed by atoms with E-state index in [0.29, 0.717) is 52.0 Å². The smallest absolute Gasteiger partial charge is 0.252 e. The summed E-state index contributed by atoms with van der Waals surface area (Å²) in [5, 5.41) is 12.9. The molecule has 0 radical (unpaired) electrons. The number of nitrogens with zero attached hydrogens (tertiary/aromatic N) is 3. The Kier molecular flexibility index (Phi) is 11.7. The molecule has 0 saturated heterocycles. The minimum absolute atomic E-state index is 0. The van der Waals surface area contributed by atoms with Gasteiger partial charge in [0.2, 0.25) is 0 Å². The molecule has 8 nitrogen and oxygen atoms in total. The number of rotatable bonds is 6. The molecule has 3 aromatic rings. The van der Waals surface area contributed by atoms with Crippen molar-refractivity contribution in [2.24, 2.45) is 27.9 Å². The van der Waals surface area contributed by atoms with E-state index in [1.54, 1.807) is 42.6 Å². The van der Waals surface area contributed by atoms with Crippen LogP contribution in [0.5, 0.6) is 0 Å². The maximum Gasteiger partial charge on any atom is 0.252 e. The van der Waals surface area contributed by atoms with Gasteiger partial charge in [0.25, 0.3) is 5.91 Å². The van der Waals surface area contributed by atoms with Crippen LogP contribution in [-0.4, -0.2) is 48.6 Å². The number of oxime groups is 2. The third-order valence-electron chi connectivity index (χ3n) is 5.80. The molecule has 0 aliphatic carbocycles. The van der Waals surface area contributed by atoms with Crippen molar-refractivity contribution in [1.29, 1.82) is 0 Å². The third-order valence-corrected chi connectivity index (χ3v) is 7.28. The zero-order valence-electron chi connectivity index (χ0n) is 20.3. The number of hydrogen-bond donors (Lipinski definition) is 2. The molecule has 5 rings (SSSR count). The Bertz CT molecular complexity index is 1360. The van der Waals surface area contributed by atoms with Crippen molar-refractivity contribution in [1.82, 2.24) is 10.3 Å². The van der Waals surface area contributed by atoms with E-state index in [9.17, 15) is 4.79 Å². The Morgan fingerprint density at radius 1 is 0.872 bits per heavy atom. The van der Waals surface area contributed by atoms with Crippen LogP contribution in [0.2, 0.25) is 20.1 Å². The number of benzene rings is 2. The summed E-state index contributed by atoms with van der Waals surface area (Å²) in [5.74, 6) is -0.0893. The number of carbonyl (C=O) groups excluding carboxylic acids is 1. The van der Waals surface area contributed by atoms with Gasteiger partial charge in [-0.25, -0.2) is 0 Å². The van der Waals surface area contributed by atoms with E-state index < -0.39 is 0 Å². The van der Waals surface area contributed by atoms with Crippen LogP contribution in [0.1, 0.15) is 21.5 Å². The average molecular weight is 632 g/mol. The number of pyridine rings is 1. The molecule has 39 heavy (non-hydrogen) atoms. The van der Waals surface area contributed by atoms with Gasteiger partial charge in [-0.1, -0.05) is 68.8 Å². The van der Waals surface area contributed by atoms with Crippen molar-refractivity contribution >= 4 is 76.1 Å². The molecule has 2 aliphatic heterocycles. The number of amides is 1. The van der Waals surface area contributed by atoms with Crippen molar-refractivity contribution in [3.63, 3.8) is 0 Å². The first-order chi connectivity index (χ1) is 18.4. The first kappa shape index (κ1) is 30.9. The number of carbonyl (C=O) groups is 1. The fourth-order valence-electron chi connectivity index (χ4n) is 3.74. The van der Waals surface area contributed by atoms with Gasteiger partial charge in [-0.05, 0) is 36.4 Å². The van der Waals surface area contributed by atoms with Crippen molar-refractivity contribution in [3.05, 3.63) is 97.7 Å². The molecule has 1 amide bonds. The van der Waals surface area contributed by atoms with Gasteiger partial charge >= 0.3 is 0 Å². The maximum absolute atomic E-state index is 12.1. The van der Waals surface area contributed by atoms with E-state index in [0.717, 1.165) is 22.6 Å². The van der Waals surface area contributed by atoms with E-state index in [1.165, 1.54) is 6.20 Å². The Morgan fingerprint density at radius 2 is 1.44 bits per heavy atom. The van der Waals surface area contributed by atoms with Crippen LogP contribution >= 0.6 is 58.8 Å². The fraction of sp³-hybridized carbons (Fsp3) is 0.231. The molecule has 0 fully saturated rings. The van der Waals surface area contributed by atoms with Gasteiger partial charge < -0.3 is 20.7 Å². The summed E-state index contributed by atoms with van der Waals surface area (Å²) in [7, 11) is 0. The molecule has 2 unspecified atom stereocenters. The van der Waals surface area contributed by atoms with Crippen molar-refractivity contribution < 1.29 is 14.5 Å². The zero-order valence-corrected chi connectivity index (χ0v) is 24.2. The predicted octanol–water partition coefficient (Wildman–Crippen LogP) is 5.89. The normalized spacial score (nSPS) is 17.5. The second kappa shape index (κ2) is 14.7. The van der Waals surface area contributed by atoms with E-state index >= 15 is 0 Å². The largest absolute Gasteiger partial charge is 0.395 e. The topological polar surface area (TPSA) is 111 Å². The van der Waals surface area contributed by atoms with Gasteiger partial charge in [0.1, 0.15) is 13.2 Å². The molecule has 0 bridgehead atoms. The summed E-state index contributed by atoms with van der Waals surface area (Å²) < 4.78 is 0. The van der Waals surface area contributed by atoms with Crippen molar-refractivity contribution in [2.45, 2.75) is 0 Å². The lowest BCUT2D eigenvalue weighted by Crippen LogP contribution is -2.33. The minimum Gasteiger partial charge on any atom is -0.395 e. The highest BCUT2D eigenvalue weighted by Gasteiger charge is 2.26. The van der Waals surface area contributed by atoms with Crippen LogP contribution < -0.4 is 11.1 Å². The summed E-state index contributed by atoms with van der Waals surface area (Å²) >= 11 is 23.7. The lowest BCUT2D eigenvalue weighted by molar-refractivity contribution is 0.0942. The van der Waals surface area contributed by atoms with Crippen LogP contribution in [0.25, 0.3) is 0 Å². The predicted molar refractivity (Wildman–Crippen MR) is 158 cm³/mol. The Labute approximate surface area is 251 Å². The van der Waals surface area contributed by atoms with Crippen LogP contribution in [0.4, 0.5) is 0 Å². The second-order valence-corrected chi connectivity index (χ2v) is 10.0. The van der Waals surface area contributed by atoms with Crippen LogP contribution in [0, 0.1) is 11.8 Å². The Hall–Kier alpha value is -2.59. The average Bonchev–Trinajstić information content (AvgIpc) is 3.61. The summed E-state index contributed by atoms with van der Waals surface area (Å²) in [6.45, 7) is 1.86. The van der Waals surface area contributed by atoms with Crippen LogP contribution in [0.3, 0.4) is 0 Å². The Balaban J connectivity index is 0.000000228. The SMILES string of the molecule is Cl.NCC1CON=C1c1ccc(Cl)c(Cl)c1.O=C(NCC1CON=C1c1ccc(Cl)c(Cl)c1)c1cccnc1. The molecule has 3 N–H and O–H groups in total. The molecule has 3 heterocycles. The maximum atomic E-state index is 12.1. The number of nitrogens with one attached hydrogen (secondary N) is 1. The van der Waals surface area contributed by atoms with E-state index in [1.807, 2.05) is 12.1 Å². The van der Waals surface area contributed by atoms with Gasteiger partial charge in [0.15, 0.2) is 0 Å². The first-order valence-electron chi connectivity index (χ1n) is 11.6. The lowest BCUT2D eigenvalue weighted by atomic mass is 9.98. The number of aromatic nitrogens is 1. The summed E-state index contributed by atoms with van der Waals surface area (Å²) in [5.41, 5.74) is 9.46. The molecule has 206 valence electrons. The molecular weight excluding hydrogens is 608 g/mol. The fourth-order valence-corrected chi connectivity index (χ4v) is 4.33. The van der Waals surface area contributed by atoms with Crippen LogP contribution in [0.15, 0.2) is 71.2 Å². The van der Waals surface area contributed by atoms with E-state index in [-0.39, 0.29) is 30.2 Å². The first-order valence-corrected chi connectivity index (χ1v) is 13.1. The molecule has 2 atom stereocenters. The number of halogens is 5. The summed E-state index contributed by atoms with van der Waals surface area (Å²) in [6.07, 6.45) is 3.14. The van der Waals surface area contributed by atoms with Gasteiger partial charge in [-0.2, -0.15) is 0 Å². The molecule has 13 heteroatoms. The molecule has 2 aliphatic rings. The summed E-state index contributed by atoms with van der Waals surface area (Å²) in [4.78, 5) is 26.2. The zero-order chi connectivity index (χ0) is 27.1. The van der Waals surface area contributed by atoms with Gasteiger partial charge in [-0.3, -0.25) is 9.78 Å². The minimum atomic E-state index is -0.182. The highest BCUT2D eigenvalue weighted by molar-refractivity contribution is 6.42. The monoisotopic (exact) mass is 629 g/mol. The standard InChI is InChI=1S/C16H13Cl2N3O2.C10H10Cl2N2O.ClH/c17-13-4-3-10(6-14(13)18)15-12(9-23-21-15)8-20-16(22)11-2-1-5-19-7-11;11-8-2-1-6(3-9(8)12)10-7(4-13)5-15-14-10;/h1-7,12H,8-9H2,(H,20,22);1-3,7H,4-5,13H2;1H. The molecule has 0 saturated carbocycles. The third kappa shape index (κ3) is 7.97. The van der Waals surface area contributed by atoms with Crippen LogP contribution in [-0.2, 0) is 9.68 Å². The number of nitrogens with two attached hydrogens (primary N) is 1. The highest BCUT2D eigenvalue weighted by atomic mass is 35.5. The lowest BCUT2D eigenvalue weighted by Gasteiger charge is -2.12. The molecule has 1 aromatic heterocycles. The van der Waals surface area contributed by atoms with Crippen molar-refractivity contribution in [2.75, 3.05) is 26.3 Å². The highest BCUT2D eigenvalue weighted by Crippen LogP contribution is 2.27. The Morgan fingerprint density at radius 3 is 1.95 bits per heavy atom. The summed E-state index contributed by atoms with van der Waals surface area (Å²) in [6, 6.07) is 14.1. The van der Waals surface area contributed by atoms with E-state index in [2.05, 4.69) is 20.6 Å².